The number of halogens is 1. The predicted octanol–water partition coefficient (Wildman–Crippen LogP) is 4.62. The Hall–Kier alpha value is -3.24. The van der Waals surface area contributed by atoms with Crippen LogP contribution in [0.1, 0.15) is 24.1 Å². The highest BCUT2D eigenvalue weighted by Crippen LogP contribution is 2.31. The summed E-state index contributed by atoms with van der Waals surface area (Å²) in [6, 6.07) is 11.0. The van der Waals surface area contributed by atoms with Crippen LogP contribution >= 0.6 is 11.6 Å². The Morgan fingerprint density at radius 3 is 2.79 bits per heavy atom. The van der Waals surface area contributed by atoms with Gasteiger partial charge in [-0.15, -0.1) is 0 Å². The second-order valence-electron chi connectivity index (χ2n) is 6.98. The SMILES string of the molecule is Cc1ccc(NC(=O)C2CCN(c3oc(-c4ccco4)nc3C#N)CC2)cc1Cl. The van der Waals surface area contributed by atoms with E-state index in [0.29, 0.717) is 48.3 Å². The van der Waals surface area contributed by atoms with Crippen molar-refractivity contribution < 1.29 is 13.6 Å². The van der Waals surface area contributed by atoms with Gasteiger partial charge in [0.25, 0.3) is 5.89 Å². The summed E-state index contributed by atoms with van der Waals surface area (Å²) in [6.45, 7) is 3.10. The second-order valence-corrected chi connectivity index (χ2v) is 7.38. The molecule has 1 N–H and O–H groups in total. The Labute approximate surface area is 172 Å². The van der Waals surface area contributed by atoms with Crippen LogP contribution in [0.25, 0.3) is 11.7 Å². The lowest BCUT2D eigenvalue weighted by Gasteiger charge is -2.31. The molecule has 0 aliphatic carbocycles. The van der Waals surface area contributed by atoms with Crippen LogP contribution in [0.4, 0.5) is 11.6 Å². The smallest absolute Gasteiger partial charge is 0.266 e. The van der Waals surface area contributed by atoms with Crippen molar-refractivity contribution in [3.8, 4) is 17.7 Å². The van der Waals surface area contributed by atoms with Crippen LogP contribution in [0.2, 0.25) is 5.02 Å². The molecular weight excluding hydrogens is 392 g/mol. The highest BCUT2D eigenvalue weighted by atomic mass is 35.5. The van der Waals surface area contributed by atoms with Gasteiger partial charge in [0.1, 0.15) is 6.07 Å². The first-order valence-corrected chi connectivity index (χ1v) is 9.69. The summed E-state index contributed by atoms with van der Waals surface area (Å²) in [4.78, 5) is 18.8. The fraction of sp³-hybridized carbons (Fsp3) is 0.286. The fourth-order valence-electron chi connectivity index (χ4n) is 3.36. The van der Waals surface area contributed by atoms with Gasteiger partial charge in [-0.25, -0.2) is 0 Å². The minimum absolute atomic E-state index is 0.0288. The molecule has 4 rings (SSSR count). The van der Waals surface area contributed by atoms with Gasteiger partial charge in [0, 0.05) is 29.7 Å². The number of hydrogen-bond donors (Lipinski definition) is 1. The third-order valence-corrected chi connectivity index (χ3v) is 5.45. The number of amides is 1. The average Bonchev–Trinajstić information content (AvgIpc) is 3.40. The van der Waals surface area contributed by atoms with Crippen LogP contribution in [0.3, 0.4) is 0 Å². The van der Waals surface area contributed by atoms with E-state index in [1.54, 1.807) is 18.2 Å². The molecule has 1 aliphatic heterocycles. The van der Waals surface area contributed by atoms with Crippen LogP contribution in [0.5, 0.6) is 0 Å². The molecule has 1 amide bonds. The van der Waals surface area contributed by atoms with Crippen LogP contribution in [-0.4, -0.2) is 24.0 Å². The van der Waals surface area contributed by atoms with Gasteiger partial charge < -0.3 is 19.1 Å². The number of hydrogen-bond acceptors (Lipinski definition) is 6. The van der Waals surface area contributed by atoms with E-state index in [-0.39, 0.29) is 23.4 Å². The number of piperidine rings is 1. The molecule has 3 heterocycles. The predicted molar refractivity (Wildman–Crippen MR) is 109 cm³/mol. The molecule has 1 aliphatic rings. The number of benzene rings is 1. The first kappa shape index (κ1) is 19.1. The van der Waals surface area contributed by atoms with Gasteiger partial charge in [0.15, 0.2) is 5.76 Å². The number of rotatable bonds is 4. The second kappa shape index (κ2) is 8.02. The van der Waals surface area contributed by atoms with Crippen molar-refractivity contribution in [3.05, 3.63) is 52.9 Å². The largest absolute Gasteiger partial charge is 0.459 e. The molecule has 148 valence electrons. The van der Waals surface area contributed by atoms with Crippen molar-refractivity contribution in [2.45, 2.75) is 19.8 Å². The minimum Gasteiger partial charge on any atom is -0.459 e. The van der Waals surface area contributed by atoms with Gasteiger partial charge in [-0.1, -0.05) is 17.7 Å². The molecule has 3 aromatic rings. The van der Waals surface area contributed by atoms with E-state index in [1.807, 2.05) is 24.0 Å². The zero-order valence-corrected chi connectivity index (χ0v) is 16.6. The Morgan fingerprint density at radius 2 is 2.14 bits per heavy atom. The quantitative estimate of drug-likeness (QED) is 0.674. The van der Waals surface area contributed by atoms with E-state index in [4.69, 9.17) is 20.4 Å². The topological polar surface area (TPSA) is 95.3 Å². The number of nitriles is 1. The molecular formula is C21H19ClN4O3. The molecule has 1 aromatic carbocycles. The van der Waals surface area contributed by atoms with E-state index in [1.165, 1.54) is 6.26 Å². The molecule has 0 saturated carbocycles. The monoisotopic (exact) mass is 410 g/mol. The standard InChI is InChI=1S/C21H19ClN4O3/c1-13-4-5-15(11-16(13)22)24-19(27)14-6-8-26(9-7-14)21-17(12-23)25-20(29-21)18-3-2-10-28-18/h2-5,10-11,14H,6-9H2,1H3,(H,24,27). The zero-order chi connectivity index (χ0) is 20.4. The highest BCUT2D eigenvalue weighted by Gasteiger charge is 2.29. The minimum atomic E-state index is -0.121. The maximum Gasteiger partial charge on any atom is 0.266 e. The van der Waals surface area contributed by atoms with Crippen molar-refractivity contribution in [2.24, 2.45) is 5.92 Å². The number of aryl methyl sites for hydroxylation is 1. The van der Waals surface area contributed by atoms with Crippen molar-refractivity contribution in [1.29, 1.82) is 5.26 Å². The molecule has 7 nitrogen and oxygen atoms in total. The number of anilines is 2. The molecule has 0 bridgehead atoms. The molecule has 8 heteroatoms. The van der Waals surface area contributed by atoms with Gasteiger partial charge in [-0.3, -0.25) is 4.79 Å². The van der Waals surface area contributed by atoms with Crippen LogP contribution in [0, 0.1) is 24.2 Å². The highest BCUT2D eigenvalue weighted by molar-refractivity contribution is 6.31. The zero-order valence-electron chi connectivity index (χ0n) is 15.8. The lowest BCUT2D eigenvalue weighted by molar-refractivity contribution is -0.120. The van der Waals surface area contributed by atoms with Crippen molar-refractivity contribution in [2.75, 3.05) is 23.3 Å². The summed E-state index contributed by atoms with van der Waals surface area (Å²) in [6.07, 6.45) is 2.82. The Kier molecular flexibility index (Phi) is 5.28. The molecule has 0 unspecified atom stereocenters. The third kappa shape index (κ3) is 3.98. The number of oxazole rings is 1. The van der Waals surface area contributed by atoms with Gasteiger partial charge in [-0.05, 0) is 49.6 Å². The normalized spacial score (nSPS) is 14.6. The van der Waals surface area contributed by atoms with Crippen LogP contribution in [-0.2, 0) is 4.79 Å². The molecule has 2 aromatic heterocycles. The summed E-state index contributed by atoms with van der Waals surface area (Å²) in [5.41, 5.74) is 1.87. The Morgan fingerprint density at radius 1 is 1.34 bits per heavy atom. The maximum absolute atomic E-state index is 12.6. The lowest BCUT2D eigenvalue weighted by Crippen LogP contribution is -2.38. The van der Waals surface area contributed by atoms with Crippen LogP contribution in [0.15, 0.2) is 45.4 Å². The number of carbonyl (C=O) groups is 1. The summed E-state index contributed by atoms with van der Waals surface area (Å²) in [5.74, 6) is 1.02. The van der Waals surface area contributed by atoms with E-state index in [2.05, 4.69) is 16.4 Å². The first-order chi connectivity index (χ1) is 14.0. The summed E-state index contributed by atoms with van der Waals surface area (Å²) in [5, 5.41) is 13.0. The van der Waals surface area contributed by atoms with Gasteiger partial charge >= 0.3 is 0 Å². The van der Waals surface area contributed by atoms with E-state index in [0.717, 1.165) is 5.56 Å². The van der Waals surface area contributed by atoms with Crippen molar-refractivity contribution >= 4 is 29.1 Å². The fourth-order valence-corrected chi connectivity index (χ4v) is 3.55. The number of nitrogens with one attached hydrogen (secondary N) is 1. The third-order valence-electron chi connectivity index (χ3n) is 5.04. The molecule has 1 saturated heterocycles. The maximum atomic E-state index is 12.6. The van der Waals surface area contributed by atoms with Crippen LogP contribution < -0.4 is 10.2 Å². The number of nitrogens with zero attached hydrogens (tertiary/aromatic N) is 3. The Balaban J connectivity index is 1.41. The summed E-state index contributed by atoms with van der Waals surface area (Å²) in [7, 11) is 0. The summed E-state index contributed by atoms with van der Waals surface area (Å²) < 4.78 is 11.1. The van der Waals surface area contributed by atoms with Gasteiger partial charge in [-0.2, -0.15) is 10.2 Å². The number of aromatic nitrogens is 1. The molecule has 1 fully saturated rings. The van der Waals surface area contributed by atoms with E-state index >= 15 is 0 Å². The number of furan rings is 1. The van der Waals surface area contributed by atoms with E-state index in [9.17, 15) is 10.1 Å². The molecule has 29 heavy (non-hydrogen) atoms. The van der Waals surface area contributed by atoms with E-state index < -0.39 is 0 Å². The average molecular weight is 411 g/mol. The molecule has 0 atom stereocenters. The van der Waals surface area contributed by atoms with Crippen molar-refractivity contribution in [3.63, 3.8) is 0 Å². The lowest BCUT2D eigenvalue weighted by atomic mass is 9.95. The number of carbonyl (C=O) groups excluding carboxylic acids is 1. The Bertz CT molecular complexity index is 1060. The summed E-state index contributed by atoms with van der Waals surface area (Å²) >= 11 is 6.13. The molecule has 0 spiro atoms. The molecule has 0 radical (unpaired) electrons. The van der Waals surface area contributed by atoms with Gasteiger partial charge in [0.05, 0.1) is 6.26 Å². The first-order valence-electron chi connectivity index (χ1n) is 9.32. The van der Waals surface area contributed by atoms with Crippen molar-refractivity contribution in [1.82, 2.24) is 4.98 Å². The van der Waals surface area contributed by atoms with Gasteiger partial charge in [0.2, 0.25) is 17.5 Å².